The van der Waals surface area contributed by atoms with Crippen LogP contribution < -0.4 is 4.74 Å². The Labute approximate surface area is 117 Å². The quantitative estimate of drug-likeness (QED) is 0.904. The summed E-state index contributed by atoms with van der Waals surface area (Å²) in [6.45, 7) is 0. The van der Waals surface area contributed by atoms with E-state index in [9.17, 15) is 17.9 Å². The molecule has 2 atom stereocenters. The smallest absolute Gasteiger partial charge is 0.165 e. The number of hydrogen-bond donors (Lipinski definition) is 1. The van der Waals surface area contributed by atoms with Crippen LogP contribution in [0.4, 0.5) is 4.39 Å². The first-order chi connectivity index (χ1) is 9.37. The van der Waals surface area contributed by atoms with Crippen molar-refractivity contribution in [3.8, 4) is 5.75 Å². The molecular formula is C14H17FO4S. The summed E-state index contributed by atoms with van der Waals surface area (Å²) in [4.78, 5) is 0. The number of ether oxygens (including phenoxy) is 1. The van der Waals surface area contributed by atoms with Crippen LogP contribution in [0.3, 0.4) is 0 Å². The fraction of sp³-hybridized carbons (Fsp3) is 0.571. The molecule has 2 aliphatic rings. The molecule has 0 radical (unpaired) electrons. The van der Waals surface area contributed by atoms with Crippen molar-refractivity contribution in [1.29, 1.82) is 0 Å². The Bertz CT molecular complexity index is 621. The van der Waals surface area contributed by atoms with Gasteiger partial charge in [0.25, 0.3) is 0 Å². The Morgan fingerprint density at radius 2 is 1.90 bits per heavy atom. The normalized spacial score (nSPS) is 35.0. The van der Waals surface area contributed by atoms with Gasteiger partial charge in [-0.3, -0.25) is 0 Å². The van der Waals surface area contributed by atoms with E-state index in [4.69, 9.17) is 4.74 Å². The minimum absolute atomic E-state index is 0.0664. The molecule has 2 heterocycles. The molecule has 0 spiro atoms. The molecule has 0 saturated carbocycles. The minimum Gasteiger partial charge on any atom is -0.494 e. The lowest BCUT2D eigenvalue weighted by molar-refractivity contribution is 0.0170. The number of rotatable bonds is 2. The zero-order chi connectivity index (χ0) is 14.5. The third-order valence-electron chi connectivity index (χ3n) is 4.56. The van der Waals surface area contributed by atoms with Gasteiger partial charge in [0, 0.05) is 0 Å². The lowest BCUT2D eigenvalue weighted by atomic mass is 9.86. The van der Waals surface area contributed by atoms with E-state index < -0.39 is 31.8 Å². The second kappa shape index (κ2) is 4.43. The van der Waals surface area contributed by atoms with Crippen LogP contribution in [0.2, 0.25) is 0 Å². The van der Waals surface area contributed by atoms with Crippen molar-refractivity contribution < 1.29 is 22.7 Å². The molecule has 2 saturated heterocycles. The third kappa shape index (κ3) is 1.93. The first kappa shape index (κ1) is 13.8. The van der Waals surface area contributed by atoms with Crippen LogP contribution in [0, 0.1) is 5.82 Å². The van der Waals surface area contributed by atoms with Gasteiger partial charge in [-0.1, -0.05) is 6.07 Å². The highest BCUT2D eigenvalue weighted by Crippen LogP contribution is 2.48. The van der Waals surface area contributed by atoms with Gasteiger partial charge in [-0.15, -0.1) is 0 Å². The molecule has 6 heteroatoms. The highest BCUT2D eigenvalue weighted by Gasteiger charge is 2.53. The molecule has 2 unspecified atom stereocenters. The number of methoxy groups -OCH3 is 1. The lowest BCUT2D eigenvalue weighted by Gasteiger charge is -2.36. The predicted molar refractivity (Wildman–Crippen MR) is 71.8 cm³/mol. The van der Waals surface area contributed by atoms with E-state index in [1.54, 1.807) is 0 Å². The molecule has 1 N–H and O–H groups in total. The van der Waals surface area contributed by atoms with Gasteiger partial charge in [-0.05, 0) is 43.4 Å². The van der Waals surface area contributed by atoms with Crippen molar-refractivity contribution in [3.05, 3.63) is 29.6 Å². The first-order valence-corrected chi connectivity index (χ1v) is 8.27. The first-order valence-electron chi connectivity index (χ1n) is 6.66. The van der Waals surface area contributed by atoms with Gasteiger partial charge in [0.1, 0.15) is 0 Å². The lowest BCUT2D eigenvalue weighted by Crippen LogP contribution is -2.43. The molecule has 2 bridgehead atoms. The molecule has 1 aromatic rings. The second-order valence-corrected chi connectivity index (χ2v) is 8.21. The molecule has 0 aliphatic carbocycles. The standard InChI is InChI=1S/C14H17FO4S/c1-19-13-6-9(2-5-12(13)15)14(16)7-10-3-4-11(8-14)20(10,17)18/h2,5-6,10-11,16H,3-4,7-8H2,1H3. The van der Waals surface area contributed by atoms with Gasteiger partial charge >= 0.3 is 0 Å². The van der Waals surface area contributed by atoms with Crippen LogP contribution in [0.1, 0.15) is 31.2 Å². The molecular weight excluding hydrogens is 283 g/mol. The van der Waals surface area contributed by atoms with Crippen LogP contribution in [0.15, 0.2) is 18.2 Å². The molecule has 4 nitrogen and oxygen atoms in total. The Morgan fingerprint density at radius 3 is 2.45 bits per heavy atom. The summed E-state index contributed by atoms with van der Waals surface area (Å²) in [6, 6.07) is 4.22. The summed E-state index contributed by atoms with van der Waals surface area (Å²) in [7, 11) is -1.73. The van der Waals surface area contributed by atoms with E-state index in [-0.39, 0.29) is 18.6 Å². The van der Waals surface area contributed by atoms with Crippen LogP contribution in [0.25, 0.3) is 0 Å². The van der Waals surface area contributed by atoms with Crippen molar-refractivity contribution in [1.82, 2.24) is 0 Å². The largest absolute Gasteiger partial charge is 0.494 e. The van der Waals surface area contributed by atoms with Gasteiger partial charge in [0.2, 0.25) is 0 Å². The van der Waals surface area contributed by atoms with E-state index >= 15 is 0 Å². The van der Waals surface area contributed by atoms with E-state index in [1.165, 1.54) is 25.3 Å². The van der Waals surface area contributed by atoms with Crippen molar-refractivity contribution in [2.45, 2.75) is 41.8 Å². The summed E-state index contributed by atoms with van der Waals surface area (Å²) < 4.78 is 42.5. The summed E-state index contributed by atoms with van der Waals surface area (Å²) in [6.07, 6.45) is 1.57. The molecule has 3 rings (SSSR count). The fourth-order valence-corrected chi connectivity index (χ4v) is 5.92. The average Bonchev–Trinajstić information content (AvgIpc) is 2.59. The SMILES string of the molecule is COc1cc(C2(O)CC3CCC(C2)S3(=O)=O)ccc1F. The Morgan fingerprint density at radius 1 is 1.30 bits per heavy atom. The van der Waals surface area contributed by atoms with Gasteiger partial charge in [-0.2, -0.15) is 0 Å². The number of benzene rings is 1. The van der Waals surface area contributed by atoms with Crippen LogP contribution in [0.5, 0.6) is 5.75 Å². The van der Waals surface area contributed by atoms with Crippen LogP contribution in [-0.4, -0.2) is 31.1 Å². The number of sulfone groups is 1. The average molecular weight is 300 g/mol. The summed E-state index contributed by atoms with van der Waals surface area (Å²) in [5.74, 6) is -0.428. The molecule has 2 aliphatic heterocycles. The molecule has 1 aromatic carbocycles. The molecule has 0 aromatic heterocycles. The van der Waals surface area contributed by atoms with Gasteiger partial charge < -0.3 is 9.84 Å². The number of fused-ring (bicyclic) bond motifs is 2. The van der Waals surface area contributed by atoms with Crippen LogP contribution >= 0.6 is 0 Å². The third-order valence-corrected chi connectivity index (χ3v) is 7.22. The topological polar surface area (TPSA) is 63.6 Å². The van der Waals surface area contributed by atoms with Crippen LogP contribution in [-0.2, 0) is 15.4 Å². The van der Waals surface area contributed by atoms with Crippen molar-refractivity contribution in [2.24, 2.45) is 0 Å². The zero-order valence-electron chi connectivity index (χ0n) is 11.2. The highest BCUT2D eigenvalue weighted by molar-refractivity contribution is 7.93. The molecule has 20 heavy (non-hydrogen) atoms. The maximum absolute atomic E-state index is 13.4. The van der Waals surface area contributed by atoms with E-state index in [0.717, 1.165) is 0 Å². The Balaban J connectivity index is 1.99. The Kier molecular flexibility index (Phi) is 3.06. The Hall–Kier alpha value is -1.14. The maximum atomic E-state index is 13.4. The molecule has 110 valence electrons. The van der Waals surface area contributed by atoms with Crippen molar-refractivity contribution >= 4 is 9.84 Å². The van der Waals surface area contributed by atoms with Gasteiger partial charge in [-0.25, -0.2) is 12.8 Å². The van der Waals surface area contributed by atoms with Gasteiger partial charge in [0.15, 0.2) is 21.4 Å². The molecule has 2 fully saturated rings. The summed E-state index contributed by atoms with van der Waals surface area (Å²) in [5, 5.41) is 9.86. The van der Waals surface area contributed by atoms with E-state index in [0.29, 0.717) is 18.4 Å². The monoisotopic (exact) mass is 300 g/mol. The number of aliphatic hydroxyl groups is 1. The highest BCUT2D eigenvalue weighted by atomic mass is 32.2. The molecule has 0 amide bonds. The zero-order valence-corrected chi connectivity index (χ0v) is 12.0. The minimum atomic E-state index is -3.10. The second-order valence-electron chi connectivity index (χ2n) is 5.70. The fourth-order valence-electron chi connectivity index (χ4n) is 3.43. The van der Waals surface area contributed by atoms with E-state index in [2.05, 4.69) is 0 Å². The van der Waals surface area contributed by atoms with E-state index in [1.807, 2.05) is 0 Å². The summed E-state index contributed by atoms with van der Waals surface area (Å²) >= 11 is 0. The number of hydrogen-bond acceptors (Lipinski definition) is 4. The van der Waals surface area contributed by atoms with Crippen molar-refractivity contribution in [3.63, 3.8) is 0 Å². The van der Waals surface area contributed by atoms with Crippen molar-refractivity contribution in [2.75, 3.05) is 7.11 Å². The number of halogens is 1. The predicted octanol–water partition coefficient (Wildman–Crippen LogP) is 1.76. The maximum Gasteiger partial charge on any atom is 0.165 e. The van der Waals surface area contributed by atoms with Gasteiger partial charge in [0.05, 0.1) is 23.2 Å². The summed E-state index contributed by atoms with van der Waals surface area (Å²) in [5.41, 5.74) is -0.680.